The molecule has 0 unspecified atom stereocenters. The Morgan fingerprint density at radius 2 is 0.883 bits per heavy atom. The summed E-state index contributed by atoms with van der Waals surface area (Å²) in [6.07, 6.45) is -2.10. The molecule has 0 fully saturated rings. The van der Waals surface area contributed by atoms with Gasteiger partial charge < -0.3 is 80.8 Å². The molecule has 19 N–H and O–H groups in total. The number of hydrogen-bond donors (Lipinski definition) is 15. The highest BCUT2D eigenvalue weighted by Crippen LogP contribution is 2.12. The molecular weight excluding hydrogens is 1000 g/mol. The van der Waals surface area contributed by atoms with Crippen molar-refractivity contribution >= 4 is 65.1 Å². The average molecular weight is 1080 g/mol. The number of nitrogens with two attached hydrogens (primary N) is 4. The number of aliphatic hydroxyl groups is 1. The van der Waals surface area contributed by atoms with Crippen molar-refractivity contribution in [3.05, 3.63) is 71.8 Å². The maximum absolute atomic E-state index is 14.3. The van der Waals surface area contributed by atoms with Gasteiger partial charge >= 0.3 is 11.9 Å². The Kier molecular flexibility index (Phi) is 29.1. The third-order valence-electron chi connectivity index (χ3n) is 11.9. The minimum atomic E-state index is -1.98. The fourth-order valence-corrected chi connectivity index (χ4v) is 7.73. The number of carboxylic acids is 2. The molecule has 0 spiro atoms. The van der Waals surface area contributed by atoms with Gasteiger partial charge in [-0.05, 0) is 88.9 Å². The van der Waals surface area contributed by atoms with Gasteiger partial charge in [-0.3, -0.25) is 47.9 Å². The summed E-state index contributed by atoms with van der Waals surface area (Å²) in [5.41, 5.74) is 23.6. The predicted octanol–water partition coefficient (Wildman–Crippen LogP) is -3.18. The monoisotopic (exact) mass is 1080 g/mol. The fraction of sp³-hybridized carbons (Fsp3) is 0.549. The number of primary amides is 1. The number of benzene rings is 2. The molecule has 426 valence electrons. The fourth-order valence-electron chi connectivity index (χ4n) is 7.73. The molecular formula is C51H78N12O14. The standard InChI is InChI=1S/C51H78N12O14/c1-28(2)23-33(54)44(69)56-29(3)43(68)57-34(19-11-13-21-52)45(70)58-35(20-12-14-22-53)46(71)59-36(24-31-15-7-5-8-16-31)47(72)60-38(27-41(66)67)49(74)63-42(30(4)64)50(75)61-37(25-32-17-9-6-10-18-32)48(73)62-39(51(76)77)26-40(55)65/h5-10,15-18,28-30,33-39,42,64H,11-14,19-27,52-54H2,1-4H3,(H2,55,65)(H,56,69)(H,57,68)(H,58,70)(H,59,71)(H,60,72)(H,61,75)(H,62,73)(H,63,74)(H,66,67)(H,76,77)/t29-,30+,33-,34-,35-,36-,37-,38-,39-,42-/m0/s1. The van der Waals surface area contributed by atoms with Crippen LogP contribution in [0.5, 0.6) is 0 Å². The quantitative estimate of drug-likeness (QED) is 0.0299. The first kappa shape index (κ1) is 65.6. The van der Waals surface area contributed by atoms with E-state index in [1.807, 2.05) is 13.8 Å². The van der Waals surface area contributed by atoms with E-state index >= 15 is 0 Å². The number of carboxylic acid groups (broad SMARTS) is 2. The highest BCUT2D eigenvalue weighted by atomic mass is 16.4. The van der Waals surface area contributed by atoms with Crippen molar-refractivity contribution in [3.8, 4) is 0 Å². The lowest BCUT2D eigenvalue weighted by atomic mass is 10.0. The van der Waals surface area contributed by atoms with Crippen LogP contribution in [-0.2, 0) is 65.6 Å². The van der Waals surface area contributed by atoms with E-state index in [9.17, 15) is 68.1 Å². The first-order valence-electron chi connectivity index (χ1n) is 25.4. The van der Waals surface area contributed by atoms with E-state index < -0.39 is 138 Å². The van der Waals surface area contributed by atoms with Crippen LogP contribution < -0.4 is 65.5 Å². The van der Waals surface area contributed by atoms with Crippen molar-refractivity contribution < 1.29 is 68.1 Å². The van der Waals surface area contributed by atoms with Crippen molar-refractivity contribution in [1.82, 2.24) is 42.5 Å². The molecule has 77 heavy (non-hydrogen) atoms. The van der Waals surface area contributed by atoms with Gasteiger partial charge in [0, 0.05) is 12.8 Å². The molecule has 0 aliphatic heterocycles. The molecule has 0 aromatic heterocycles. The molecule has 0 aliphatic carbocycles. The number of hydrogen-bond acceptors (Lipinski definition) is 15. The van der Waals surface area contributed by atoms with Gasteiger partial charge in [0.05, 0.1) is 25.0 Å². The molecule has 26 heteroatoms. The zero-order chi connectivity index (χ0) is 57.8. The van der Waals surface area contributed by atoms with Crippen LogP contribution in [0.25, 0.3) is 0 Å². The second kappa shape index (κ2) is 34.2. The number of aliphatic hydroxyl groups excluding tert-OH is 1. The van der Waals surface area contributed by atoms with Gasteiger partial charge in [-0.15, -0.1) is 0 Å². The van der Waals surface area contributed by atoms with Gasteiger partial charge in [-0.25, -0.2) is 4.79 Å². The van der Waals surface area contributed by atoms with Crippen molar-refractivity contribution in [2.45, 2.75) is 159 Å². The Bertz CT molecular complexity index is 2290. The number of aliphatic carboxylic acids is 2. The maximum Gasteiger partial charge on any atom is 0.326 e. The molecule has 9 amide bonds. The van der Waals surface area contributed by atoms with Crippen LogP contribution in [0.3, 0.4) is 0 Å². The topological polar surface area (TPSA) is 449 Å². The maximum atomic E-state index is 14.3. The van der Waals surface area contributed by atoms with Crippen LogP contribution in [0, 0.1) is 5.92 Å². The Morgan fingerprint density at radius 3 is 1.30 bits per heavy atom. The molecule has 0 bridgehead atoms. The highest BCUT2D eigenvalue weighted by Gasteiger charge is 2.37. The summed E-state index contributed by atoms with van der Waals surface area (Å²) in [4.78, 5) is 146. The van der Waals surface area contributed by atoms with E-state index in [2.05, 4.69) is 42.5 Å². The SMILES string of the molecule is CC(C)C[C@H](N)C(=O)N[C@@H](C)C(=O)N[C@@H](CCCCN)C(=O)N[C@@H](CCCCN)C(=O)N[C@@H](Cc1ccccc1)C(=O)N[C@@H](CC(=O)O)C(=O)N[C@H](C(=O)N[C@@H](Cc1ccccc1)C(=O)N[C@@H](CC(N)=O)C(=O)O)[C@@H](C)O. The molecule has 2 rings (SSSR count). The molecule has 0 saturated carbocycles. The van der Waals surface area contributed by atoms with Crippen LogP contribution in [0.4, 0.5) is 0 Å². The Balaban J connectivity index is 2.47. The van der Waals surface area contributed by atoms with Gasteiger partial charge in [-0.1, -0.05) is 74.5 Å². The molecule has 0 radical (unpaired) electrons. The lowest BCUT2D eigenvalue weighted by Crippen LogP contribution is -2.62. The molecule has 2 aromatic rings. The summed E-state index contributed by atoms with van der Waals surface area (Å²) >= 11 is 0. The Morgan fingerprint density at radius 1 is 0.481 bits per heavy atom. The van der Waals surface area contributed by atoms with Gasteiger partial charge in [0.25, 0.3) is 0 Å². The summed E-state index contributed by atoms with van der Waals surface area (Å²) in [7, 11) is 0. The van der Waals surface area contributed by atoms with E-state index in [1.54, 1.807) is 60.7 Å². The summed E-state index contributed by atoms with van der Waals surface area (Å²) in [5, 5.41) is 49.8. The lowest BCUT2D eigenvalue weighted by molar-refractivity contribution is -0.144. The summed E-state index contributed by atoms with van der Waals surface area (Å²) in [6.45, 7) is 6.78. The van der Waals surface area contributed by atoms with Crippen molar-refractivity contribution in [2.75, 3.05) is 13.1 Å². The third-order valence-corrected chi connectivity index (χ3v) is 11.9. The van der Waals surface area contributed by atoms with Crippen LogP contribution in [0.1, 0.15) is 96.6 Å². The Hall–Kier alpha value is -7.55. The van der Waals surface area contributed by atoms with Crippen molar-refractivity contribution in [1.29, 1.82) is 0 Å². The van der Waals surface area contributed by atoms with Gasteiger partial charge in [-0.2, -0.15) is 0 Å². The van der Waals surface area contributed by atoms with Crippen LogP contribution in [0.15, 0.2) is 60.7 Å². The number of unbranched alkanes of at least 4 members (excludes halogenated alkanes) is 2. The first-order valence-corrected chi connectivity index (χ1v) is 25.4. The number of amides is 9. The minimum absolute atomic E-state index is 0.00760. The van der Waals surface area contributed by atoms with Gasteiger partial charge in [0.2, 0.25) is 53.2 Å². The lowest BCUT2D eigenvalue weighted by Gasteiger charge is -2.28. The van der Waals surface area contributed by atoms with E-state index in [-0.39, 0.29) is 44.7 Å². The molecule has 0 saturated heterocycles. The van der Waals surface area contributed by atoms with Crippen LogP contribution in [0.2, 0.25) is 0 Å². The van der Waals surface area contributed by atoms with Gasteiger partial charge in [0.1, 0.15) is 48.3 Å². The number of rotatable bonds is 36. The van der Waals surface area contributed by atoms with Crippen molar-refractivity contribution in [2.24, 2.45) is 28.9 Å². The van der Waals surface area contributed by atoms with E-state index in [0.29, 0.717) is 43.2 Å². The number of carbonyl (C=O) groups excluding carboxylic acids is 9. The third kappa shape index (κ3) is 24.8. The second-order valence-electron chi connectivity index (χ2n) is 19.1. The summed E-state index contributed by atoms with van der Waals surface area (Å²) in [5.74, 6) is -11.8. The highest BCUT2D eigenvalue weighted by molar-refractivity contribution is 5.99. The normalized spacial score (nSPS) is 15.0. The zero-order valence-electron chi connectivity index (χ0n) is 44.0. The van der Waals surface area contributed by atoms with Crippen LogP contribution >= 0.6 is 0 Å². The number of nitrogens with one attached hydrogen (secondary N) is 8. The molecule has 26 nitrogen and oxygen atoms in total. The number of carbonyl (C=O) groups is 11. The Labute approximate surface area is 447 Å². The van der Waals surface area contributed by atoms with E-state index in [4.69, 9.17) is 22.9 Å². The summed E-state index contributed by atoms with van der Waals surface area (Å²) in [6, 6.07) is 2.91. The molecule has 0 aliphatic rings. The molecule has 2 aromatic carbocycles. The smallest absolute Gasteiger partial charge is 0.326 e. The largest absolute Gasteiger partial charge is 0.481 e. The zero-order valence-corrected chi connectivity index (χ0v) is 44.0. The van der Waals surface area contributed by atoms with Crippen LogP contribution in [-0.4, -0.2) is 154 Å². The molecule has 0 heterocycles. The predicted molar refractivity (Wildman–Crippen MR) is 280 cm³/mol. The molecule has 10 atom stereocenters. The van der Waals surface area contributed by atoms with Crippen molar-refractivity contribution in [3.63, 3.8) is 0 Å². The van der Waals surface area contributed by atoms with E-state index in [1.165, 1.54) is 6.92 Å². The van der Waals surface area contributed by atoms with Gasteiger partial charge in [0.15, 0.2) is 0 Å². The summed E-state index contributed by atoms with van der Waals surface area (Å²) < 4.78 is 0. The first-order chi connectivity index (χ1) is 36.4. The second-order valence-corrected chi connectivity index (χ2v) is 19.1. The average Bonchev–Trinajstić information content (AvgIpc) is 3.36. The van der Waals surface area contributed by atoms with E-state index in [0.717, 1.165) is 6.92 Å². The minimum Gasteiger partial charge on any atom is -0.481 e.